The number of hydrogen-bond donors (Lipinski definition) is 0. The number of ether oxygens (including phenoxy) is 2. The highest BCUT2D eigenvalue weighted by Crippen LogP contribution is 2.45. The van der Waals surface area contributed by atoms with Crippen molar-refractivity contribution in [2.75, 3.05) is 14.2 Å². The molecule has 0 amide bonds. The normalized spacial score (nSPS) is 15.7. The molecule has 4 aromatic rings. The lowest BCUT2D eigenvalue weighted by atomic mass is 9.68. The molecular weight excluding hydrogens is 470 g/mol. The molecule has 2 aromatic heterocycles. The van der Waals surface area contributed by atoms with Crippen LogP contribution in [0.5, 0.6) is 11.5 Å². The van der Waals surface area contributed by atoms with Gasteiger partial charge in [-0.15, -0.1) is 0 Å². The van der Waals surface area contributed by atoms with Gasteiger partial charge in [-0.05, 0) is 73.4 Å². The van der Waals surface area contributed by atoms with Gasteiger partial charge in [-0.3, -0.25) is 0 Å². The molecule has 1 aliphatic rings. The van der Waals surface area contributed by atoms with Crippen molar-refractivity contribution in [1.29, 1.82) is 0 Å². The average Bonchev–Trinajstić information content (AvgIpc) is 3.23. The number of benzene rings is 2. The topological polar surface area (TPSA) is 48.7 Å². The quantitative estimate of drug-likeness (QED) is 0.272. The van der Waals surface area contributed by atoms with Gasteiger partial charge >= 0.3 is 0 Å². The van der Waals surface area contributed by atoms with Crippen LogP contribution >= 0.6 is 11.6 Å². The molecule has 5 nitrogen and oxygen atoms in total. The van der Waals surface area contributed by atoms with Crippen LogP contribution in [0.15, 0.2) is 42.5 Å². The van der Waals surface area contributed by atoms with Crippen LogP contribution in [0, 0.1) is 18.3 Å². The van der Waals surface area contributed by atoms with Crippen molar-refractivity contribution in [1.82, 2.24) is 14.6 Å². The highest BCUT2D eigenvalue weighted by atomic mass is 35.5. The molecule has 0 spiro atoms. The van der Waals surface area contributed by atoms with Crippen molar-refractivity contribution in [3.05, 3.63) is 64.4 Å². The Bertz CT molecular complexity index is 1420. The highest BCUT2D eigenvalue weighted by molar-refractivity contribution is 6.30. The van der Waals surface area contributed by atoms with E-state index in [1.165, 1.54) is 11.3 Å². The van der Waals surface area contributed by atoms with Gasteiger partial charge in [-0.1, -0.05) is 50.9 Å². The van der Waals surface area contributed by atoms with E-state index in [-0.39, 0.29) is 5.41 Å². The van der Waals surface area contributed by atoms with Gasteiger partial charge in [-0.25, -0.2) is 9.50 Å². The second-order valence-corrected chi connectivity index (χ2v) is 10.9. The number of aryl methyl sites for hydroxylation is 2. The smallest absolute Gasteiger partial charge is 0.164 e. The standard InChI is InChI=1S/C30H34ClN3O2/c1-7-30(3,4)20-10-14-25-23(16-20)28(24-17-22(35-5)13-15-26(24)36-6)32-29-27(18(2)33-34(25)29)19-8-11-21(31)12-9-19/h8-9,11-13,15,17,20H,7,10,14,16H2,1-6H3/t20-/m0/s1. The second kappa shape index (κ2) is 9.44. The summed E-state index contributed by atoms with van der Waals surface area (Å²) < 4.78 is 13.5. The van der Waals surface area contributed by atoms with Gasteiger partial charge in [0.15, 0.2) is 5.65 Å². The third-order valence-corrected chi connectivity index (χ3v) is 8.39. The third kappa shape index (κ3) is 4.13. The molecule has 2 aromatic carbocycles. The average molecular weight is 504 g/mol. The molecule has 1 aliphatic carbocycles. The summed E-state index contributed by atoms with van der Waals surface area (Å²) in [7, 11) is 3.40. The summed E-state index contributed by atoms with van der Waals surface area (Å²) in [5.74, 6) is 2.14. The molecule has 0 N–H and O–H groups in total. The lowest BCUT2D eigenvalue weighted by Crippen LogP contribution is -2.30. The van der Waals surface area contributed by atoms with Crippen molar-refractivity contribution in [2.24, 2.45) is 11.3 Å². The zero-order chi connectivity index (χ0) is 25.6. The maximum atomic E-state index is 6.19. The van der Waals surface area contributed by atoms with E-state index < -0.39 is 0 Å². The first-order chi connectivity index (χ1) is 17.3. The molecule has 5 rings (SSSR count). The Hall–Kier alpha value is -3.05. The molecule has 36 heavy (non-hydrogen) atoms. The van der Waals surface area contributed by atoms with Crippen molar-refractivity contribution in [3.63, 3.8) is 0 Å². The van der Waals surface area contributed by atoms with Crippen LogP contribution in [-0.4, -0.2) is 28.8 Å². The van der Waals surface area contributed by atoms with Gasteiger partial charge < -0.3 is 9.47 Å². The van der Waals surface area contributed by atoms with E-state index in [1.807, 2.05) is 42.5 Å². The lowest BCUT2D eigenvalue weighted by molar-refractivity contribution is 0.181. The van der Waals surface area contributed by atoms with Crippen LogP contribution in [0.1, 0.15) is 50.6 Å². The highest BCUT2D eigenvalue weighted by Gasteiger charge is 2.35. The maximum Gasteiger partial charge on any atom is 0.164 e. The Balaban J connectivity index is 1.82. The summed E-state index contributed by atoms with van der Waals surface area (Å²) in [5.41, 5.74) is 8.57. The van der Waals surface area contributed by atoms with Gasteiger partial charge in [0.2, 0.25) is 0 Å². The minimum Gasteiger partial charge on any atom is -0.497 e. The van der Waals surface area contributed by atoms with Crippen molar-refractivity contribution < 1.29 is 9.47 Å². The first kappa shape index (κ1) is 24.6. The maximum absolute atomic E-state index is 6.19. The third-order valence-electron chi connectivity index (χ3n) is 8.13. The predicted molar refractivity (Wildman–Crippen MR) is 146 cm³/mol. The van der Waals surface area contributed by atoms with E-state index in [0.29, 0.717) is 10.9 Å². The fourth-order valence-electron chi connectivity index (χ4n) is 5.51. The van der Waals surface area contributed by atoms with E-state index in [4.69, 9.17) is 31.2 Å². The van der Waals surface area contributed by atoms with Gasteiger partial charge in [0, 0.05) is 27.4 Å². The molecule has 2 heterocycles. The molecule has 0 fully saturated rings. The molecular formula is C30H34ClN3O2. The van der Waals surface area contributed by atoms with E-state index in [0.717, 1.165) is 70.9 Å². The van der Waals surface area contributed by atoms with Crippen molar-refractivity contribution in [3.8, 4) is 33.9 Å². The fourth-order valence-corrected chi connectivity index (χ4v) is 5.63. The Kier molecular flexibility index (Phi) is 6.46. The van der Waals surface area contributed by atoms with Crippen LogP contribution in [0.3, 0.4) is 0 Å². The molecule has 188 valence electrons. The molecule has 0 radical (unpaired) electrons. The molecule has 0 aliphatic heterocycles. The first-order valence-electron chi connectivity index (χ1n) is 12.7. The van der Waals surface area contributed by atoms with Crippen LogP contribution < -0.4 is 9.47 Å². The summed E-state index contributed by atoms with van der Waals surface area (Å²) in [5, 5.41) is 5.72. The number of halogens is 1. The summed E-state index contributed by atoms with van der Waals surface area (Å²) in [6.45, 7) is 9.12. The van der Waals surface area contributed by atoms with Crippen molar-refractivity contribution in [2.45, 2.75) is 53.4 Å². The largest absolute Gasteiger partial charge is 0.497 e. The SMILES string of the molecule is CCC(C)(C)[C@H]1CCc2c(c(-c3cc(OC)ccc3OC)nc3c(-c4ccc(Cl)cc4)c(C)nn23)C1. The Morgan fingerprint density at radius 2 is 1.83 bits per heavy atom. The number of methoxy groups -OCH3 is 2. The van der Waals surface area contributed by atoms with Crippen LogP contribution in [0.25, 0.3) is 28.0 Å². The van der Waals surface area contributed by atoms with E-state index in [1.54, 1.807) is 14.2 Å². The van der Waals surface area contributed by atoms with E-state index in [9.17, 15) is 0 Å². The van der Waals surface area contributed by atoms with Crippen LogP contribution in [0.4, 0.5) is 0 Å². The predicted octanol–water partition coefficient (Wildman–Crippen LogP) is 7.58. The first-order valence-corrected chi connectivity index (χ1v) is 13.0. The minimum absolute atomic E-state index is 0.247. The molecule has 6 heteroatoms. The number of nitrogens with zero attached hydrogens (tertiary/aromatic N) is 3. The number of fused-ring (bicyclic) bond motifs is 3. The molecule has 0 bridgehead atoms. The Morgan fingerprint density at radius 1 is 1.08 bits per heavy atom. The molecule has 0 unspecified atom stereocenters. The van der Waals surface area contributed by atoms with Gasteiger partial charge in [-0.2, -0.15) is 5.10 Å². The van der Waals surface area contributed by atoms with Gasteiger partial charge in [0.25, 0.3) is 0 Å². The van der Waals surface area contributed by atoms with Gasteiger partial charge in [0.1, 0.15) is 11.5 Å². The fraction of sp³-hybridized carbons (Fsp3) is 0.400. The summed E-state index contributed by atoms with van der Waals surface area (Å²) >= 11 is 6.19. The van der Waals surface area contributed by atoms with E-state index >= 15 is 0 Å². The zero-order valence-corrected chi connectivity index (χ0v) is 22.7. The number of aromatic nitrogens is 3. The Labute approximate surface area is 218 Å². The number of hydrogen-bond acceptors (Lipinski definition) is 4. The van der Waals surface area contributed by atoms with Crippen molar-refractivity contribution >= 4 is 17.2 Å². The molecule has 0 saturated carbocycles. The second-order valence-electron chi connectivity index (χ2n) is 10.4. The summed E-state index contributed by atoms with van der Waals surface area (Å²) in [6, 6.07) is 13.8. The molecule has 0 saturated heterocycles. The zero-order valence-electron chi connectivity index (χ0n) is 22.0. The minimum atomic E-state index is 0.247. The summed E-state index contributed by atoms with van der Waals surface area (Å²) in [4.78, 5) is 5.34. The van der Waals surface area contributed by atoms with Gasteiger partial charge in [0.05, 0.1) is 25.6 Å². The Morgan fingerprint density at radius 3 is 2.50 bits per heavy atom. The molecule has 1 atom stereocenters. The number of rotatable bonds is 6. The summed E-state index contributed by atoms with van der Waals surface area (Å²) in [6.07, 6.45) is 4.20. The lowest BCUT2D eigenvalue weighted by Gasteiger charge is -2.37. The van der Waals surface area contributed by atoms with E-state index in [2.05, 4.69) is 32.2 Å². The monoisotopic (exact) mass is 503 g/mol. The van der Waals surface area contributed by atoms with Crippen LogP contribution in [0.2, 0.25) is 5.02 Å². The van der Waals surface area contributed by atoms with Crippen LogP contribution in [-0.2, 0) is 12.8 Å².